The minimum atomic E-state index is -1.21. The second kappa shape index (κ2) is 31.6. The predicted molar refractivity (Wildman–Crippen MR) is 261 cm³/mol. The van der Waals surface area contributed by atoms with Gasteiger partial charge in [-0.15, -0.1) is 6.58 Å². The Balaban J connectivity index is -0.000000333. The van der Waals surface area contributed by atoms with Crippen molar-refractivity contribution in [1.29, 1.82) is 0 Å². The molecule has 1 heterocycles. The summed E-state index contributed by atoms with van der Waals surface area (Å²) in [6, 6.07) is 0.0533. The van der Waals surface area contributed by atoms with Crippen molar-refractivity contribution in [1.82, 2.24) is 19.8 Å². The van der Waals surface area contributed by atoms with Gasteiger partial charge in [-0.3, -0.25) is 13.9 Å². The lowest BCUT2D eigenvalue weighted by Gasteiger charge is -2.36. The predicted octanol–water partition coefficient (Wildman–Crippen LogP) is 10.6. The molecule has 8 nitrogen and oxygen atoms in total. The highest BCUT2D eigenvalue weighted by Gasteiger charge is 2.38. The monoisotopic (exact) mass is 824 g/mol. The molecule has 338 valence electrons. The molecule has 9 heteroatoms. The number of likely N-dealkylation sites (tertiary alicyclic amines) is 1. The van der Waals surface area contributed by atoms with Crippen molar-refractivity contribution in [3.63, 3.8) is 0 Å². The maximum absolute atomic E-state index is 11.8. The van der Waals surface area contributed by atoms with Crippen LogP contribution in [0.2, 0.25) is 0 Å². The second-order valence-corrected chi connectivity index (χ2v) is 20.5. The van der Waals surface area contributed by atoms with Crippen LogP contribution in [0.15, 0.2) is 49.4 Å². The van der Waals surface area contributed by atoms with Gasteiger partial charge in [-0.2, -0.15) is 9.39 Å². The second-order valence-electron chi connectivity index (χ2n) is 17.4. The minimum Gasteiger partial charge on any atom is -0.386 e. The highest BCUT2D eigenvalue weighted by atomic mass is 32.2. The number of carbonyl (C=O) groups is 2. The molecule has 0 spiro atoms. The standard InChI is InChI=1S/C15H27NO2.C12H26N2OS.C12H21N.C5H11N.2C2H6/c1-10(15(4,5)6)11(2)16-9-13(18-7)8-14(16)12(3)17;1-10(15)13-11(12(2,3)4)9-14(5)16(6,7)8;1-5-13-11(4)10(3)9(2)8-12-6-7-12;1-2-3-4-5-6;2*1-2/h10,13-14H,2,8-9H2,1,3-7H3;11H,6-7,9H2,1-5,8H3,(H,13,15);9,12-13H,3-8H2,1-2H3;2H,1,3-6H2;2*1-2H3/t10?,13-,14?;;;;;/m1...../s1. The van der Waals surface area contributed by atoms with E-state index in [1.165, 1.54) is 24.8 Å². The average Bonchev–Trinajstić information content (AvgIpc) is 3.83. The summed E-state index contributed by atoms with van der Waals surface area (Å²) in [6.45, 7) is 49.8. The van der Waals surface area contributed by atoms with Crippen LogP contribution in [-0.2, 0) is 14.3 Å². The van der Waals surface area contributed by atoms with Gasteiger partial charge in [-0.05, 0) is 81.2 Å². The number of amides is 1. The number of nitrogens with two attached hydrogens (primary N) is 1. The summed E-state index contributed by atoms with van der Waals surface area (Å²) in [4.78, 5) is 25.1. The van der Waals surface area contributed by atoms with E-state index in [4.69, 9.17) is 10.5 Å². The molecule has 1 saturated heterocycles. The fourth-order valence-electron chi connectivity index (χ4n) is 5.52. The van der Waals surface area contributed by atoms with Crippen LogP contribution in [0.4, 0.5) is 0 Å². The molecule has 4 N–H and O–H groups in total. The van der Waals surface area contributed by atoms with E-state index < -0.39 is 9.39 Å². The Morgan fingerprint density at radius 3 is 1.82 bits per heavy atom. The SMILES string of the molecule is C=C(C(C)C(C)(C)C)N1C[C@H](OC)CC1C(C)=O.C=C(NCC)C(=C)C(C)CC1CC1.C=CCCCN.C=S(=C)(C)N(C)CC(NC(C)=O)C(C)(C)C.CC.CC. The van der Waals surface area contributed by atoms with Crippen molar-refractivity contribution in [3.05, 3.63) is 49.4 Å². The lowest BCUT2D eigenvalue weighted by molar-refractivity contribution is -0.121. The van der Waals surface area contributed by atoms with Crippen LogP contribution in [-0.4, -0.2) is 97.4 Å². The molecular weight excluding hydrogens is 727 g/mol. The van der Waals surface area contributed by atoms with Crippen molar-refractivity contribution >= 4 is 32.8 Å². The first-order valence-corrected chi connectivity index (χ1v) is 23.9. The quantitative estimate of drug-likeness (QED) is 0.0581. The molecule has 4 unspecified atom stereocenters. The van der Waals surface area contributed by atoms with E-state index in [9.17, 15) is 9.59 Å². The van der Waals surface area contributed by atoms with Crippen LogP contribution in [0.3, 0.4) is 0 Å². The number of allylic oxidation sites excluding steroid dienone is 3. The van der Waals surface area contributed by atoms with Crippen molar-refractivity contribution in [2.24, 2.45) is 34.3 Å². The van der Waals surface area contributed by atoms with Gasteiger partial charge in [-0.1, -0.05) is 133 Å². The average molecular weight is 824 g/mol. The van der Waals surface area contributed by atoms with Gasteiger partial charge in [-0.25, -0.2) is 0 Å². The highest BCUT2D eigenvalue weighted by molar-refractivity contribution is 8.25. The molecule has 0 aromatic rings. The molecule has 2 fully saturated rings. The topological polar surface area (TPSA) is 99.9 Å². The number of Topliss-reactive ketones (excluding diaryl/α,β-unsaturated/α-hetero) is 1. The maximum Gasteiger partial charge on any atom is 0.217 e. The van der Waals surface area contributed by atoms with Gasteiger partial charge < -0.3 is 26.0 Å². The van der Waals surface area contributed by atoms with Crippen LogP contribution in [0.5, 0.6) is 0 Å². The van der Waals surface area contributed by atoms with E-state index in [0.29, 0.717) is 11.8 Å². The van der Waals surface area contributed by atoms with Gasteiger partial charge in [0.2, 0.25) is 5.91 Å². The number of ketones is 1. The Bertz CT molecular complexity index is 1260. The first-order valence-electron chi connectivity index (χ1n) is 21.5. The van der Waals surface area contributed by atoms with E-state index in [0.717, 1.165) is 62.8 Å². The third kappa shape index (κ3) is 28.7. The smallest absolute Gasteiger partial charge is 0.217 e. The number of hydrogen-bond acceptors (Lipinski definition) is 7. The van der Waals surface area contributed by atoms with Gasteiger partial charge in [0, 0.05) is 63.4 Å². The van der Waals surface area contributed by atoms with E-state index in [1.807, 2.05) is 47.1 Å². The Labute approximate surface area is 356 Å². The zero-order valence-corrected chi connectivity index (χ0v) is 41.8. The van der Waals surface area contributed by atoms with E-state index in [2.05, 4.69) is 120 Å². The molecule has 1 amide bonds. The number of ether oxygens (including phenoxy) is 1. The Morgan fingerprint density at radius 2 is 1.51 bits per heavy atom. The fourth-order valence-corrected chi connectivity index (χ4v) is 6.03. The largest absolute Gasteiger partial charge is 0.386 e. The van der Waals surface area contributed by atoms with Gasteiger partial charge >= 0.3 is 0 Å². The maximum atomic E-state index is 11.8. The summed E-state index contributed by atoms with van der Waals surface area (Å²) in [5.74, 6) is 10.3. The molecule has 0 aromatic carbocycles. The molecule has 2 aliphatic rings. The van der Waals surface area contributed by atoms with Gasteiger partial charge in [0.25, 0.3) is 0 Å². The van der Waals surface area contributed by atoms with E-state index >= 15 is 0 Å². The lowest BCUT2D eigenvalue weighted by atomic mass is 9.80. The number of nitrogens with zero attached hydrogens (tertiary/aromatic N) is 2. The zero-order chi connectivity index (χ0) is 45.9. The highest BCUT2D eigenvalue weighted by Crippen LogP contribution is 2.38. The number of methoxy groups -OCH3 is 1. The fraction of sp³-hybridized carbons (Fsp3) is 0.750. The third-order valence-corrected chi connectivity index (χ3v) is 11.9. The number of hydrogen-bond donors (Lipinski definition) is 3. The Kier molecular flexibility index (Phi) is 34.0. The molecule has 0 aromatic heterocycles. The lowest BCUT2D eigenvalue weighted by Crippen LogP contribution is -2.48. The van der Waals surface area contributed by atoms with E-state index in [1.54, 1.807) is 21.0 Å². The molecule has 2 rings (SSSR count). The summed E-state index contributed by atoms with van der Waals surface area (Å²) in [5.41, 5.74) is 8.63. The van der Waals surface area contributed by atoms with Crippen molar-refractivity contribution in [3.8, 4) is 0 Å². The van der Waals surface area contributed by atoms with Crippen LogP contribution in [0.1, 0.15) is 142 Å². The zero-order valence-electron chi connectivity index (χ0n) is 41.0. The normalized spacial score (nSPS) is 17.6. The summed E-state index contributed by atoms with van der Waals surface area (Å²) in [7, 11) is 2.51. The number of carbonyl (C=O) groups excluding carboxylic acids is 2. The molecule has 1 saturated carbocycles. The van der Waals surface area contributed by atoms with Gasteiger partial charge in [0.15, 0.2) is 5.78 Å². The molecule has 5 atom stereocenters. The molecular formula is C48H97N5O3S. The van der Waals surface area contributed by atoms with E-state index in [-0.39, 0.29) is 40.7 Å². The van der Waals surface area contributed by atoms with Crippen LogP contribution >= 0.6 is 9.39 Å². The Hall–Kier alpha value is -2.33. The number of nitrogens with one attached hydrogen (secondary N) is 2. The molecule has 0 bridgehead atoms. The number of rotatable bonds is 17. The summed E-state index contributed by atoms with van der Waals surface area (Å²) in [6.07, 6.45) is 11.1. The molecule has 0 radical (unpaired) electrons. The van der Waals surface area contributed by atoms with Crippen LogP contribution < -0.4 is 16.4 Å². The van der Waals surface area contributed by atoms with Gasteiger partial charge in [0.05, 0.1) is 12.1 Å². The number of unbranched alkanes of at least 4 members (excludes halogenated alkanes) is 1. The molecule has 57 heavy (non-hydrogen) atoms. The van der Waals surface area contributed by atoms with Crippen molar-refractivity contribution < 1.29 is 14.3 Å². The summed E-state index contributed by atoms with van der Waals surface area (Å²) < 4.78 is 7.54. The minimum absolute atomic E-state index is 0.0122. The first-order chi connectivity index (χ1) is 26.2. The summed E-state index contributed by atoms with van der Waals surface area (Å²) >= 11 is 0. The van der Waals surface area contributed by atoms with Crippen molar-refractivity contribution in [2.45, 2.75) is 161 Å². The third-order valence-electron chi connectivity index (χ3n) is 10.2. The summed E-state index contributed by atoms with van der Waals surface area (Å²) in [5, 5.41) is 6.23. The van der Waals surface area contributed by atoms with Crippen LogP contribution in [0.25, 0.3) is 0 Å². The van der Waals surface area contributed by atoms with Crippen LogP contribution in [0, 0.1) is 28.6 Å². The van der Waals surface area contributed by atoms with Gasteiger partial charge in [0.1, 0.15) is 0 Å². The molecule has 1 aliphatic carbocycles. The Morgan fingerprint density at radius 1 is 1.00 bits per heavy atom. The van der Waals surface area contributed by atoms with Crippen molar-refractivity contribution in [2.75, 3.05) is 46.6 Å². The molecule has 1 aliphatic heterocycles. The first kappa shape index (κ1) is 61.3. The number of likely N-dealkylation sites (N-methyl/N-ethyl adjacent to an activating group) is 2.